The first-order valence-corrected chi connectivity index (χ1v) is 10.6. The summed E-state index contributed by atoms with van der Waals surface area (Å²) in [7, 11) is 7.51. The second-order valence-corrected chi connectivity index (χ2v) is 8.07. The van der Waals surface area contributed by atoms with Crippen LogP contribution < -0.4 is 10.1 Å². The number of aryl methyl sites for hydroxylation is 1. The molecule has 3 heterocycles. The number of amides is 1. The van der Waals surface area contributed by atoms with Crippen LogP contribution in [0.3, 0.4) is 0 Å². The van der Waals surface area contributed by atoms with Crippen LogP contribution in [0.25, 0.3) is 33.3 Å². The van der Waals surface area contributed by atoms with Crippen LogP contribution in [-0.2, 0) is 11.8 Å². The Morgan fingerprint density at radius 2 is 1.97 bits per heavy atom. The maximum Gasteiger partial charge on any atom is 0.248 e. The molecule has 0 spiro atoms. The van der Waals surface area contributed by atoms with Crippen LogP contribution in [0, 0.1) is 0 Å². The molecule has 0 aliphatic carbocycles. The van der Waals surface area contributed by atoms with Crippen LogP contribution in [0.4, 0.5) is 5.69 Å². The fourth-order valence-electron chi connectivity index (χ4n) is 3.67. The standard InChI is InChI=1S/C26H27N5O2/c1-30(2)12-6-9-24(32)29-21-8-5-7-18(13-21)20-14-22-23(17-31(3)26(22)28-16-20)19-10-11-27-25(15-19)33-4/h5-11,13-17H,12H2,1-4H3,(H,29,32)/b9-6+. The van der Waals surface area contributed by atoms with E-state index < -0.39 is 0 Å². The molecule has 1 aromatic carbocycles. The number of carbonyl (C=O) groups excluding carboxylic acids is 1. The summed E-state index contributed by atoms with van der Waals surface area (Å²) in [5, 5.41) is 3.96. The topological polar surface area (TPSA) is 72.3 Å². The number of carbonyl (C=O) groups is 1. The SMILES string of the molecule is COc1cc(-c2cn(C)c3ncc(-c4cccc(NC(=O)/C=C/CN(C)C)c4)cc23)ccn1. The monoisotopic (exact) mass is 441 g/mol. The third-order valence-corrected chi connectivity index (χ3v) is 5.27. The summed E-state index contributed by atoms with van der Waals surface area (Å²) in [5.74, 6) is 0.413. The first kappa shape index (κ1) is 22.2. The Hall–Kier alpha value is -3.97. The zero-order valence-electron chi connectivity index (χ0n) is 19.2. The van der Waals surface area contributed by atoms with Gasteiger partial charge >= 0.3 is 0 Å². The number of hydrogen-bond donors (Lipinski definition) is 1. The molecule has 0 atom stereocenters. The fraction of sp³-hybridized carbons (Fsp3) is 0.192. The van der Waals surface area contributed by atoms with Crippen LogP contribution in [0.1, 0.15) is 0 Å². The number of anilines is 1. The Labute approximate surface area is 193 Å². The first-order chi connectivity index (χ1) is 15.9. The molecule has 0 aliphatic heterocycles. The maximum atomic E-state index is 12.2. The average molecular weight is 442 g/mol. The Balaban J connectivity index is 1.66. The molecule has 7 heteroatoms. The summed E-state index contributed by atoms with van der Waals surface area (Å²) >= 11 is 0. The van der Waals surface area contributed by atoms with Crippen molar-refractivity contribution in [2.75, 3.05) is 33.1 Å². The Morgan fingerprint density at radius 1 is 1.12 bits per heavy atom. The zero-order valence-corrected chi connectivity index (χ0v) is 19.2. The molecule has 7 nitrogen and oxygen atoms in total. The lowest BCUT2D eigenvalue weighted by Gasteiger charge is -2.08. The van der Waals surface area contributed by atoms with Gasteiger partial charge in [-0.25, -0.2) is 9.97 Å². The molecule has 0 aliphatic rings. The van der Waals surface area contributed by atoms with Crippen molar-refractivity contribution in [3.8, 4) is 28.1 Å². The van der Waals surface area contributed by atoms with E-state index in [2.05, 4.69) is 22.6 Å². The largest absolute Gasteiger partial charge is 0.481 e. The molecule has 168 valence electrons. The van der Waals surface area contributed by atoms with Gasteiger partial charge in [-0.2, -0.15) is 0 Å². The third-order valence-electron chi connectivity index (χ3n) is 5.27. The minimum absolute atomic E-state index is 0.153. The molecule has 0 unspecified atom stereocenters. The van der Waals surface area contributed by atoms with Crippen molar-refractivity contribution >= 4 is 22.6 Å². The van der Waals surface area contributed by atoms with Gasteiger partial charge in [0.1, 0.15) is 5.65 Å². The third kappa shape index (κ3) is 5.10. The quantitative estimate of drug-likeness (QED) is 0.431. The number of nitrogens with one attached hydrogen (secondary N) is 1. The summed E-state index contributed by atoms with van der Waals surface area (Å²) in [6, 6.07) is 13.8. The predicted molar refractivity (Wildman–Crippen MR) is 132 cm³/mol. The van der Waals surface area contributed by atoms with Crippen LogP contribution in [0.2, 0.25) is 0 Å². The lowest BCUT2D eigenvalue weighted by Crippen LogP contribution is -2.12. The highest BCUT2D eigenvalue weighted by Gasteiger charge is 2.13. The molecular formula is C26H27N5O2. The molecule has 4 aromatic rings. The highest BCUT2D eigenvalue weighted by Crippen LogP contribution is 2.33. The number of likely N-dealkylation sites (N-methyl/N-ethyl adjacent to an activating group) is 1. The van der Waals surface area contributed by atoms with E-state index in [0.29, 0.717) is 12.4 Å². The molecule has 1 N–H and O–H groups in total. The van der Waals surface area contributed by atoms with Crippen LogP contribution in [0.15, 0.2) is 73.2 Å². The average Bonchev–Trinajstić information content (AvgIpc) is 3.15. The van der Waals surface area contributed by atoms with E-state index in [1.54, 1.807) is 19.4 Å². The van der Waals surface area contributed by atoms with Gasteiger partial charge in [0.15, 0.2) is 0 Å². The highest BCUT2D eigenvalue weighted by molar-refractivity contribution is 6.00. The lowest BCUT2D eigenvalue weighted by molar-refractivity contribution is -0.111. The molecule has 0 saturated carbocycles. The molecule has 0 saturated heterocycles. The summed E-state index contributed by atoms with van der Waals surface area (Å²) in [6.07, 6.45) is 9.05. The van der Waals surface area contributed by atoms with E-state index in [-0.39, 0.29) is 5.91 Å². The number of pyridine rings is 2. The molecule has 4 rings (SSSR count). The minimum atomic E-state index is -0.153. The van der Waals surface area contributed by atoms with Crippen molar-refractivity contribution in [1.29, 1.82) is 0 Å². The van der Waals surface area contributed by atoms with Gasteiger partial charge in [-0.15, -0.1) is 0 Å². The summed E-state index contributed by atoms with van der Waals surface area (Å²) in [4.78, 5) is 23.1. The van der Waals surface area contributed by atoms with Crippen molar-refractivity contribution in [2.45, 2.75) is 0 Å². The second kappa shape index (κ2) is 9.67. The van der Waals surface area contributed by atoms with E-state index >= 15 is 0 Å². The van der Waals surface area contributed by atoms with Gasteiger partial charge in [-0.1, -0.05) is 18.2 Å². The maximum absolute atomic E-state index is 12.2. The number of methoxy groups -OCH3 is 1. The number of benzene rings is 1. The Morgan fingerprint density at radius 3 is 2.76 bits per heavy atom. The van der Waals surface area contributed by atoms with E-state index in [1.807, 2.05) is 79.3 Å². The first-order valence-electron chi connectivity index (χ1n) is 10.6. The number of aromatic nitrogens is 3. The van der Waals surface area contributed by atoms with Gasteiger partial charge in [0, 0.05) is 66.5 Å². The van der Waals surface area contributed by atoms with Crippen molar-refractivity contribution in [2.24, 2.45) is 7.05 Å². The molecular weight excluding hydrogens is 414 g/mol. The molecule has 3 aromatic heterocycles. The molecule has 1 amide bonds. The van der Waals surface area contributed by atoms with Crippen molar-refractivity contribution in [3.05, 3.63) is 73.2 Å². The summed E-state index contributed by atoms with van der Waals surface area (Å²) in [6.45, 7) is 0.710. The van der Waals surface area contributed by atoms with Gasteiger partial charge in [0.2, 0.25) is 11.8 Å². The zero-order chi connectivity index (χ0) is 23.4. The van der Waals surface area contributed by atoms with E-state index in [9.17, 15) is 4.79 Å². The number of rotatable bonds is 7. The lowest BCUT2D eigenvalue weighted by atomic mass is 10.0. The number of ether oxygens (including phenoxy) is 1. The molecule has 0 fully saturated rings. The van der Waals surface area contributed by atoms with Crippen LogP contribution >= 0.6 is 0 Å². The Bertz CT molecular complexity index is 1320. The van der Waals surface area contributed by atoms with Gasteiger partial charge in [0.25, 0.3) is 0 Å². The van der Waals surface area contributed by atoms with Gasteiger partial charge < -0.3 is 19.5 Å². The van der Waals surface area contributed by atoms with Crippen LogP contribution in [0.5, 0.6) is 5.88 Å². The molecule has 0 bridgehead atoms. The number of fused-ring (bicyclic) bond motifs is 1. The van der Waals surface area contributed by atoms with Gasteiger partial charge in [0.05, 0.1) is 7.11 Å². The van der Waals surface area contributed by atoms with E-state index in [0.717, 1.165) is 39.0 Å². The fourth-order valence-corrected chi connectivity index (χ4v) is 3.67. The summed E-state index contributed by atoms with van der Waals surface area (Å²) < 4.78 is 7.31. The van der Waals surface area contributed by atoms with E-state index in [4.69, 9.17) is 9.72 Å². The van der Waals surface area contributed by atoms with Crippen molar-refractivity contribution in [1.82, 2.24) is 19.4 Å². The van der Waals surface area contributed by atoms with Gasteiger partial charge in [-0.3, -0.25) is 4.79 Å². The molecule has 33 heavy (non-hydrogen) atoms. The predicted octanol–water partition coefficient (Wildman–Crippen LogP) is 4.37. The van der Waals surface area contributed by atoms with E-state index in [1.165, 1.54) is 0 Å². The summed E-state index contributed by atoms with van der Waals surface area (Å²) in [5.41, 5.74) is 5.63. The smallest absolute Gasteiger partial charge is 0.248 e. The normalized spacial score (nSPS) is 11.4. The number of hydrogen-bond acceptors (Lipinski definition) is 5. The highest BCUT2D eigenvalue weighted by atomic mass is 16.5. The van der Waals surface area contributed by atoms with Crippen LogP contribution in [-0.4, -0.2) is 53.1 Å². The Kier molecular flexibility index (Phi) is 6.51. The van der Waals surface area contributed by atoms with Crippen molar-refractivity contribution < 1.29 is 9.53 Å². The van der Waals surface area contributed by atoms with Crippen molar-refractivity contribution in [3.63, 3.8) is 0 Å². The van der Waals surface area contributed by atoms with Gasteiger partial charge in [-0.05, 0) is 49.5 Å². The molecule has 0 radical (unpaired) electrons. The minimum Gasteiger partial charge on any atom is -0.481 e. The second-order valence-electron chi connectivity index (χ2n) is 8.07. The number of nitrogens with zero attached hydrogens (tertiary/aromatic N) is 4.